The molecule has 0 aliphatic heterocycles. The van der Waals surface area contributed by atoms with Gasteiger partial charge in [0.15, 0.2) is 17.5 Å². The van der Waals surface area contributed by atoms with Crippen LogP contribution < -0.4 is 0 Å². The van der Waals surface area contributed by atoms with Crippen LogP contribution in [-0.4, -0.2) is 55.5 Å². The summed E-state index contributed by atoms with van der Waals surface area (Å²) in [6.07, 6.45) is 0. The molecule has 0 aliphatic carbocycles. The van der Waals surface area contributed by atoms with Crippen molar-refractivity contribution in [2.75, 3.05) is 0 Å². The molecule has 0 unspecified atom stereocenters. The van der Waals surface area contributed by atoms with Gasteiger partial charge >= 0.3 is 0 Å². The fraction of sp³-hybridized carbons (Fsp3) is 0. The normalized spacial score (nSPS) is 11.7. The zero-order valence-corrected chi connectivity index (χ0v) is 71.6. The fourth-order valence-corrected chi connectivity index (χ4v) is 21.4. The Morgan fingerprint density at radius 2 is 0.395 bits per heavy atom. The van der Waals surface area contributed by atoms with Crippen molar-refractivity contribution in [2.45, 2.75) is 0 Å². The average molecular weight is 1710 g/mol. The van der Waals surface area contributed by atoms with E-state index in [0.717, 1.165) is 100 Å². The molecule has 129 heavy (non-hydrogen) atoms. The van der Waals surface area contributed by atoms with Gasteiger partial charge in [0.05, 0.1) is 77.6 Å². The van der Waals surface area contributed by atoms with Gasteiger partial charge in [-0.1, -0.05) is 267 Å². The van der Waals surface area contributed by atoms with Crippen LogP contribution in [0.25, 0.3) is 231 Å². The summed E-state index contributed by atoms with van der Waals surface area (Å²) >= 11 is 4.33. The largest absolute Gasteiger partial charge is 0.309 e. The van der Waals surface area contributed by atoms with E-state index in [1.807, 2.05) is 0 Å². The summed E-state index contributed by atoms with van der Waals surface area (Å²) in [5, 5.41) is 17.7. The lowest BCUT2D eigenvalue weighted by atomic mass is 10.1. The lowest BCUT2D eigenvalue weighted by molar-refractivity contribution is 1.16. The van der Waals surface area contributed by atoms with Crippen molar-refractivity contribution in [1.29, 1.82) is 0 Å². The van der Waals surface area contributed by atoms with Gasteiger partial charge in [-0.25, -0.2) is 15.0 Å². The molecule has 27 rings (SSSR count). The van der Waals surface area contributed by atoms with E-state index >= 15 is 0 Å². The first-order valence-electron chi connectivity index (χ1n) is 43.1. The summed E-state index contributed by atoms with van der Waals surface area (Å²) in [6, 6.07) is 154. The van der Waals surface area contributed by atoms with Gasteiger partial charge in [-0.3, -0.25) is 0 Å². The Hall–Kier alpha value is -16.6. The first-order valence-corrected chi connectivity index (χ1v) is 45.4. The molecule has 18 aromatic carbocycles. The van der Waals surface area contributed by atoms with E-state index in [4.69, 9.17) is 28.1 Å². The highest BCUT2D eigenvalue weighted by Gasteiger charge is 2.24. The van der Waals surface area contributed by atoms with E-state index in [2.05, 4.69) is 464 Å². The molecule has 9 heterocycles. The van der Waals surface area contributed by atoms with Gasteiger partial charge in [-0.2, -0.15) is 13.1 Å². The van der Waals surface area contributed by atoms with Crippen LogP contribution >= 0.6 is 34.6 Å². The van der Waals surface area contributed by atoms with Gasteiger partial charge in [0.1, 0.15) is 15.0 Å². The smallest absolute Gasteiger partial charge is 0.175 e. The van der Waals surface area contributed by atoms with Gasteiger partial charge in [-0.05, 0) is 204 Å². The van der Waals surface area contributed by atoms with Crippen LogP contribution in [0, 0.1) is 0 Å². The zero-order valence-electron chi connectivity index (χ0n) is 69.2. The van der Waals surface area contributed by atoms with Crippen molar-refractivity contribution in [2.24, 2.45) is 0 Å². The lowest BCUT2D eigenvalue weighted by Crippen LogP contribution is -1.98. The van der Waals surface area contributed by atoms with Crippen molar-refractivity contribution < 1.29 is 0 Å². The molecule has 0 atom stereocenters. The molecule has 0 spiro atoms. The Labute approximate surface area is 752 Å². The highest BCUT2D eigenvalue weighted by molar-refractivity contribution is 7.10. The second-order valence-electron chi connectivity index (χ2n) is 32.2. The summed E-state index contributed by atoms with van der Waals surface area (Å²) in [5.41, 5.74) is 27.1. The molecular formula is C114H72N12S3. The van der Waals surface area contributed by atoms with Gasteiger partial charge in [0, 0.05) is 121 Å². The predicted octanol–water partition coefficient (Wildman–Crippen LogP) is 30.2. The molecule has 0 saturated heterocycles. The van der Waals surface area contributed by atoms with Crippen LogP contribution in [0.2, 0.25) is 0 Å². The van der Waals surface area contributed by atoms with Crippen LogP contribution in [0.3, 0.4) is 0 Å². The summed E-state index contributed by atoms with van der Waals surface area (Å²) in [5.74, 6) is 2.22. The van der Waals surface area contributed by atoms with E-state index in [9.17, 15) is 0 Å². The Bertz CT molecular complexity index is 8220. The molecule has 0 bridgehead atoms. The third kappa shape index (κ3) is 12.7. The summed E-state index contributed by atoms with van der Waals surface area (Å²) in [6.45, 7) is 0. The molecule has 606 valence electrons. The van der Waals surface area contributed by atoms with Gasteiger partial charge in [-0.15, -0.1) is 0 Å². The van der Waals surface area contributed by atoms with E-state index in [0.29, 0.717) is 0 Å². The van der Waals surface area contributed by atoms with Crippen LogP contribution in [0.4, 0.5) is 0 Å². The van der Waals surface area contributed by atoms with Crippen LogP contribution in [0.5, 0.6) is 0 Å². The number of para-hydroxylation sites is 14. The van der Waals surface area contributed by atoms with Crippen molar-refractivity contribution in [3.8, 4) is 100 Å². The third-order valence-electron chi connectivity index (χ3n) is 25.0. The number of aromatic nitrogens is 12. The van der Waals surface area contributed by atoms with E-state index < -0.39 is 0 Å². The molecule has 9 aromatic heterocycles. The van der Waals surface area contributed by atoms with Crippen LogP contribution in [0.15, 0.2) is 437 Å². The van der Waals surface area contributed by atoms with Gasteiger partial charge < -0.3 is 27.4 Å². The van der Waals surface area contributed by atoms with E-state index in [1.54, 1.807) is 0 Å². The maximum absolute atomic E-state index is 5.19. The number of hydrogen-bond acceptors (Lipinski definition) is 9. The Balaban J connectivity index is 0.000000105. The van der Waals surface area contributed by atoms with Crippen molar-refractivity contribution in [3.63, 3.8) is 0 Å². The number of fused-ring (bicyclic) bond motifs is 18. The molecule has 0 aliphatic rings. The van der Waals surface area contributed by atoms with E-state index in [-0.39, 0.29) is 0 Å². The SMILES string of the molecule is c1cc(-c2nsc(-c3cccc(-n4c5ccccc5c5ccccc54)c3)n2)cc(-n2c3ccccc3c3ccccc32)c1.c1ccc(-n2c3ccccc3c3ccccc32)c(-c2nsc(-c3ccccc3-n3c4ccccc4c4ccccc43)n2)c1.c1ccc2c(c1)c1ccccc1n2-c1ccc(-c2nsc(-c3ccc(-n4c5ccccc5c5ccccc54)cc3)n2)cc1. The standard InChI is InChI=1S/3C38H24N4S/c1-7-19-31-25(13-1)26-14-2-8-20-32(26)41(31)35-23-11-5-17-29(35)37-39-38(43-40-37)30-18-6-12-24-36(30)42-33-21-9-3-15-27(33)28-16-4-10-22-34(28)42;1-5-19-33-29(15-1)30-16-2-6-20-34(30)41(33)27-13-9-11-25(23-27)37-39-38(43-40-37)26-12-10-14-28(24-26)42-35-21-7-3-17-31(35)32-18-4-8-22-36(32)42;1-5-13-33-29(9-1)30-10-2-6-14-34(30)41(33)27-21-17-25(18-22-27)37-39-38(43-40-37)26-19-23-28(24-20-26)42-35-15-7-3-11-31(35)32-12-4-8-16-36(32)42/h3*1-24H. The molecule has 27 aromatic rings. The van der Waals surface area contributed by atoms with Crippen molar-refractivity contribution in [3.05, 3.63) is 437 Å². The first-order chi connectivity index (χ1) is 64.0. The topological polar surface area (TPSA) is 107 Å². The first kappa shape index (κ1) is 75.0. The van der Waals surface area contributed by atoms with Gasteiger partial charge in [0.25, 0.3) is 0 Å². The summed E-state index contributed by atoms with van der Waals surface area (Å²) < 4.78 is 28.5. The maximum Gasteiger partial charge on any atom is 0.175 e. The lowest BCUT2D eigenvalue weighted by Gasteiger charge is -2.12. The monoisotopic (exact) mass is 1700 g/mol. The number of benzene rings is 18. The zero-order chi connectivity index (χ0) is 85.0. The number of nitrogens with zero attached hydrogens (tertiary/aromatic N) is 12. The predicted molar refractivity (Wildman–Crippen MR) is 538 cm³/mol. The Morgan fingerprint density at radius 1 is 0.155 bits per heavy atom. The molecule has 0 amide bonds. The average Bonchev–Trinajstić information content (AvgIpc) is 1.58. The van der Waals surface area contributed by atoms with Crippen LogP contribution in [-0.2, 0) is 0 Å². The minimum Gasteiger partial charge on any atom is -0.309 e. The van der Waals surface area contributed by atoms with Crippen LogP contribution in [0.1, 0.15) is 0 Å². The number of rotatable bonds is 12. The molecule has 12 nitrogen and oxygen atoms in total. The molecular weight excluding hydrogens is 1630 g/mol. The molecule has 0 saturated carbocycles. The minimum atomic E-state index is 0.731. The Morgan fingerprint density at radius 3 is 0.752 bits per heavy atom. The molecule has 0 fully saturated rings. The second kappa shape index (κ2) is 31.3. The highest BCUT2D eigenvalue weighted by atomic mass is 32.1. The molecule has 0 radical (unpaired) electrons. The van der Waals surface area contributed by atoms with E-state index in [1.165, 1.54) is 165 Å². The Kier molecular flexibility index (Phi) is 18.2. The molecule has 0 N–H and O–H groups in total. The summed E-state index contributed by atoms with van der Waals surface area (Å²) in [4.78, 5) is 15.2. The van der Waals surface area contributed by atoms with Gasteiger partial charge in [0.2, 0.25) is 0 Å². The quantitative estimate of drug-likeness (QED) is 0.121. The highest BCUT2D eigenvalue weighted by Crippen LogP contribution is 2.44. The summed E-state index contributed by atoms with van der Waals surface area (Å²) in [7, 11) is 0. The van der Waals surface area contributed by atoms with Crippen molar-refractivity contribution in [1.82, 2.24) is 55.5 Å². The minimum absolute atomic E-state index is 0.731. The number of hydrogen-bond donors (Lipinski definition) is 0. The fourth-order valence-electron chi connectivity index (χ4n) is 19.3. The third-order valence-corrected chi connectivity index (χ3v) is 27.3. The van der Waals surface area contributed by atoms with Crippen molar-refractivity contribution >= 4 is 165 Å². The maximum atomic E-state index is 5.19. The second-order valence-corrected chi connectivity index (χ2v) is 34.5. The molecule has 15 heteroatoms.